The SMILES string of the molecule is CC1CCN(c2nc(NN)ncc2[N+](=O)[O-])CC1. The zero-order chi connectivity index (χ0) is 13.1. The quantitative estimate of drug-likeness (QED) is 0.467. The van der Waals surface area contributed by atoms with Crippen LogP contribution in [0.2, 0.25) is 0 Å². The summed E-state index contributed by atoms with van der Waals surface area (Å²) in [6, 6.07) is 0. The summed E-state index contributed by atoms with van der Waals surface area (Å²) in [6.07, 6.45) is 3.20. The van der Waals surface area contributed by atoms with E-state index in [4.69, 9.17) is 5.84 Å². The largest absolute Gasteiger partial charge is 0.351 e. The van der Waals surface area contributed by atoms with Crippen molar-refractivity contribution in [3.05, 3.63) is 16.3 Å². The minimum Gasteiger partial charge on any atom is -0.351 e. The molecule has 0 radical (unpaired) electrons. The van der Waals surface area contributed by atoms with Crippen molar-refractivity contribution in [2.24, 2.45) is 11.8 Å². The topological polar surface area (TPSA) is 110 Å². The summed E-state index contributed by atoms with van der Waals surface area (Å²) in [5.41, 5.74) is 2.23. The van der Waals surface area contributed by atoms with Gasteiger partial charge in [0, 0.05) is 13.1 Å². The number of nitrogens with two attached hydrogens (primary N) is 1. The van der Waals surface area contributed by atoms with E-state index in [2.05, 4.69) is 22.3 Å². The molecule has 1 aliphatic rings. The summed E-state index contributed by atoms with van der Waals surface area (Å²) in [7, 11) is 0. The summed E-state index contributed by atoms with van der Waals surface area (Å²) in [5, 5.41) is 11.0. The molecule has 0 amide bonds. The van der Waals surface area contributed by atoms with Gasteiger partial charge in [-0.25, -0.2) is 10.8 Å². The Labute approximate surface area is 104 Å². The molecule has 1 fully saturated rings. The molecular formula is C10H16N6O2. The monoisotopic (exact) mass is 252 g/mol. The molecule has 0 aromatic carbocycles. The Morgan fingerprint density at radius 1 is 1.56 bits per heavy atom. The average Bonchev–Trinajstić information content (AvgIpc) is 2.38. The number of nitrogens with one attached hydrogen (secondary N) is 1. The maximum Gasteiger partial charge on any atom is 0.329 e. The zero-order valence-electron chi connectivity index (χ0n) is 10.2. The van der Waals surface area contributed by atoms with Crippen LogP contribution in [0.5, 0.6) is 0 Å². The Morgan fingerprint density at radius 2 is 2.22 bits per heavy atom. The van der Waals surface area contributed by atoms with E-state index < -0.39 is 4.92 Å². The first kappa shape index (κ1) is 12.5. The van der Waals surface area contributed by atoms with Gasteiger partial charge in [-0.05, 0) is 18.8 Å². The van der Waals surface area contributed by atoms with E-state index in [0.29, 0.717) is 11.7 Å². The van der Waals surface area contributed by atoms with E-state index in [9.17, 15) is 10.1 Å². The fourth-order valence-electron chi connectivity index (χ4n) is 2.02. The predicted octanol–water partition coefficient (Wildman–Crippen LogP) is 0.907. The van der Waals surface area contributed by atoms with Crippen molar-refractivity contribution in [1.29, 1.82) is 0 Å². The third-order valence-corrected chi connectivity index (χ3v) is 3.16. The molecule has 8 nitrogen and oxygen atoms in total. The fraction of sp³-hybridized carbons (Fsp3) is 0.600. The lowest BCUT2D eigenvalue weighted by molar-refractivity contribution is -0.384. The predicted molar refractivity (Wildman–Crippen MR) is 67.1 cm³/mol. The Morgan fingerprint density at radius 3 is 2.78 bits per heavy atom. The molecule has 3 N–H and O–H groups in total. The van der Waals surface area contributed by atoms with Crippen LogP contribution in [0.4, 0.5) is 17.5 Å². The van der Waals surface area contributed by atoms with Gasteiger partial charge in [-0.2, -0.15) is 4.98 Å². The minimum absolute atomic E-state index is 0.0800. The number of anilines is 2. The van der Waals surface area contributed by atoms with E-state index in [-0.39, 0.29) is 11.6 Å². The number of hydrogen-bond acceptors (Lipinski definition) is 7. The first-order chi connectivity index (χ1) is 8.61. The van der Waals surface area contributed by atoms with Gasteiger partial charge in [0.05, 0.1) is 4.92 Å². The molecule has 0 aliphatic carbocycles. The van der Waals surface area contributed by atoms with Gasteiger partial charge < -0.3 is 4.90 Å². The molecule has 0 unspecified atom stereocenters. The summed E-state index contributed by atoms with van der Waals surface area (Å²) in [5.74, 6) is 6.41. The van der Waals surface area contributed by atoms with Crippen molar-refractivity contribution in [3.8, 4) is 0 Å². The smallest absolute Gasteiger partial charge is 0.329 e. The fourth-order valence-corrected chi connectivity index (χ4v) is 2.02. The Balaban J connectivity index is 2.31. The first-order valence-corrected chi connectivity index (χ1v) is 5.85. The number of aromatic nitrogens is 2. The molecule has 98 valence electrons. The number of nitrogens with zero attached hydrogens (tertiary/aromatic N) is 4. The maximum absolute atomic E-state index is 11.0. The Hall–Kier alpha value is -1.96. The third-order valence-electron chi connectivity index (χ3n) is 3.16. The van der Waals surface area contributed by atoms with E-state index in [1.54, 1.807) is 0 Å². The molecule has 18 heavy (non-hydrogen) atoms. The van der Waals surface area contributed by atoms with Crippen LogP contribution in [0.1, 0.15) is 19.8 Å². The lowest BCUT2D eigenvalue weighted by Crippen LogP contribution is -2.34. The number of hydrazine groups is 1. The van der Waals surface area contributed by atoms with Crippen LogP contribution in [-0.2, 0) is 0 Å². The number of piperidine rings is 1. The summed E-state index contributed by atoms with van der Waals surface area (Å²) in [4.78, 5) is 20.3. The van der Waals surface area contributed by atoms with Crippen LogP contribution in [0.3, 0.4) is 0 Å². The standard InChI is InChI=1S/C10H16N6O2/c1-7-2-4-15(5-3-7)9-8(16(17)18)6-12-10(13-9)14-11/h6-7H,2-5,11H2,1H3,(H,12,13,14). The highest BCUT2D eigenvalue weighted by Crippen LogP contribution is 2.29. The molecule has 1 aromatic rings. The second-order valence-corrected chi connectivity index (χ2v) is 4.47. The Kier molecular flexibility index (Phi) is 3.56. The highest BCUT2D eigenvalue weighted by molar-refractivity contribution is 5.58. The molecule has 2 heterocycles. The van der Waals surface area contributed by atoms with Gasteiger partial charge in [0.25, 0.3) is 0 Å². The van der Waals surface area contributed by atoms with E-state index in [1.165, 1.54) is 6.20 Å². The summed E-state index contributed by atoms with van der Waals surface area (Å²) >= 11 is 0. The average molecular weight is 252 g/mol. The normalized spacial score (nSPS) is 16.7. The molecule has 0 saturated carbocycles. The van der Waals surface area contributed by atoms with Crippen LogP contribution in [-0.4, -0.2) is 28.0 Å². The lowest BCUT2D eigenvalue weighted by Gasteiger charge is -2.30. The van der Waals surface area contributed by atoms with Crippen molar-refractivity contribution in [2.75, 3.05) is 23.4 Å². The van der Waals surface area contributed by atoms with Crippen molar-refractivity contribution in [1.82, 2.24) is 9.97 Å². The first-order valence-electron chi connectivity index (χ1n) is 5.85. The van der Waals surface area contributed by atoms with Gasteiger partial charge in [-0.1, -0.05) is 6.92 Å². The van der Waals surface area contributed by atoms with Crippen LogP contribution >= 0.6 is 0 Å². The molecule has 0 spiro atoms. The van der Waals surface area contributed by atoms with Crippen molar-refractivity contribution in [3.63, 3.8) is 0 Å². The van der Waals surface area contributed by atoms with Crippen LogP contribution in [0, 0.1) is 16.0 Å². The molecule has 1 saturated heterocycles. The highest BCUT2D eigenvalue weighted by atomic mass is 16.6. The zero-order valence-corrected chi connectivity index (χ0v) is 10.2. The second-order valence-electron chi connectivity index (χ2n) is 4.47. The van der Waals surface area contributed by atoms with Gasteiger partial charge in [0.2, 0.25) is 11.8 Å². The number of hydrogen-bond donors (Lipinski definition) is 2. The number of nitrogen functional groups attached to an aromatic ring is 1. The molecule has 0 atom stereocenters. The number of nitro groups is 1. The second kappa shape index (κ2) is 5.13. The van der Waals surface area contributed by atoms with E-state index in [0.717, 1.165) is 25.9 Å². The molecule has 8 heteroatoms. The van der Waals surface area contributed by atoms with Crippen LogP contribution in [0.15, 0.2) is 6.20 Å². The summed E-state index contributed by atoms with van der Waals surface area (Å²) in [6.45, 7) is 3.71. The lowest BCUT2D eigenvalue weighted by atomic mass is 9.99. The van der Waals surface area contributed by atoms with Gasteiger partial charge >= 0.3 is 5.69 Å². The molecule has 1 aliphatic heterocycles. The number of rotatable bonds is 3. The van der Waals surface area contributed by atoms with Gasteiger partial charge in [-0.3, -0.25) is 15.5 Å². The van der Waals surface area contributed by atoms with Crippen molar-refractivity contribution in [2.45, 2.75) is 19.8 Å². The van der Waals surface area contributed by atoms with E-state index in [1.807, 2.05) is 4.90 Å². The van der Waals surface area contributed by atoms with Crippen LogP contribution in [0.25, 0.3) is 0 Å². The molecule has 2 rings (SSSR count). The Bertz CT molecular complexity index is 444. The third kappa shape index (κ3) is 2.48. The molecule has 1 aromatic heterocycles. The highest BCUT2D eigenvalue weighted by Gasteiger charge is 2.25. The van der Waals surface area contributed by atoms with Gasteiger partial charge in [-0.15, -0.1) is 0 Å². The van der Waals surface area contributed by atoms with Crippen molar-refractivity contribution >= 4 is 17.5 Å². The van der Waals surface area contributed by atoms with Crippen molar-refractivity contribution < 1.29 is 4.92 Å². The van der Waals surface area contributed by atoms with Gasteiger partial charge in [0.1, 0.15) is 6.20 Å². The van der Waals surface area contributed by atoms with Crippen LogP contribution < -0.4 is 16.2 Å². The summed E-state index contributed by atoms with van der Waals surface area (Å²) < 4.78 is 0. The maximum atomic E-state index is 11.0. The van der Waals surface area contributed by atoms with E-state index >= 15 is 0 Å². The molecular weight excluding hydrogens is 236 g/mol. The van der Waals surface area contributed by atoms with Gasteiger partial charge in [0.15, 0.2) is 0 Å². The minimum atomic E-state index is -0.465. The molecule has 0 bridgehead atoms.